The van der Waals surface area contributed by atoms with Crippen LogP contribution in [0.4, 0.5) is 4.79 Å². The summed E-state index contributed by atoms with van der Waals surface area (Å²) >= 11 is 0. The van der Waals surface area contributed by atoms with E-state index in [1.54, 1.807) is 6.92 Å². The predicted octanol–water partition coefficient (Wildman–Crippen LogP) is 4.23. The molecule has 0 amide bonds. The van der Waals surface area contributed by atoms with Crippen molar-refractivity contribution in [1.29, 1.82) is 0 Å². The van der Waals surface area contributed by atoms with E-state index in [0.29, 0.717) is 12.2 Å². The normalized spacial score (nSPS) is 11.3. The summed E-state index contributed by atoms with van der Waals surface area (Å²) in [6.45, 7) is 3.86. The number of carbonyl (C=O) groups is 2. The van der Waals surface area contributed by atoms with Crippen molar-refractivity contribution in [2.45, 2.75) is 52.1 Å². The number of rotatable bonds is 12. The van der Waals surface area contributed by atoms with Crippen molar-refractivity contribution in [2.75, 3.05) is 21.3 Å². The molecule has 0 aliphatic rings. The summed E-state index contributed by atoms with van der Waals surface area (Å²) in [6.07, 6.45) is 3.54. The smallest absolute Gasteiger partial charge is 0.493 e. The second-order valence-electron chi connectivity index (χ2n) is 5.93. The van der Waals surface area contributed by atoms with Gasteiger partial charge >= 0.3 is 12.1 Å². The molecule has 1 aromatic carbocycles. The molecule has 0 aliphatic heterocycles. The van der Waals surface area contributed by atoms with Crippen molar-refractivity contribution in [2.24, 2.45) is 0 Å². The van der Waals surface area contributed by atoms with Crippen LogP contribution < -0.4 is 14.2 Å². The Bertz CT molecular complexity index is 630. The van der Waals surface area contributed by atoms with Crippen LogP contribution in [0.1, 0.15) is 56.3 Å². The summed E-state index contributed by atoms with van der Waals surface area (Å²) in [5, 5.41) is 4.23. The third kappa shape index (κ3) is 7.15. The van der Waals surface area contributed by atoms with Crippen molar-refractivity contribution in [3.8, 4) is 17.2 Å². The molecule has 9 heteroatoms. The largest absolute Gasteiger partial charge is 0.543 e. The summed E-state index contributed by atoms with van der Waals surface area (Å²) in [5.74, 6) is -0.307. The van der Waals surface area contributed by atoms with Crippen LogP contribution in [-0.2, 0) is 19.6 Å². The van der Waals surface area contributed by atoms with Gasteiger partial charge in [-0.3, -0.25) is 4.89 Å². The van der Waals surface area contributed by atoms with E-state index in [0.717, 1.165) is 25.7 Å². The average Bonchev–Trinajstić information content (AvgIpc) is 2.69. The van der Waals surface area contributed by atoms with Gasteiger partial charge in [-0.2, -0.15) is 0 Å². The lowest BCUT2D eigenvalue weighted by atomic mass is 10.1. The van der Waals surface area contributed by atoms with Crippen molar-refractivity contribution in [3.63, 3.8) is 0 Å². The fourth-order valence-electron chi connectivity index (χ4n) is 2.48. The van der Waals surface area contributed by atoms with E-state index in [9.17, 15) is 9.59 Å². The fraction of sp³-hybridized carbons (Fsp3) is 0.579. The van der Waals surface area contributed by atoms with Gasteiger partial charge in [0, 0.05) is 0 Å². The van der Waals surface area contributed by atoms with Gasteiger partial charge in [-0.25, -0.2) is 14.5 Å². The lowest BCUT2D eigenvalue weighted by Gasteiger charge is -2.14. The Kier molecular flexibility index (Phi) is 10.6. The van der Waals surface area contributed by atoms with Gasteiger partial charge in [-0.1, -0.05) is 26.2 Å². The van der Waals surface area contributed by atoms with Crippen molar-refractivity contribution < 1.29 is 43.3 Å². The SMILES string of the molecule is CCCCCCC(C)OC(=O)OOOC(=O)c1ccc(OC)c(OC)c1OC. The van der Waals surface area contributed by atoms with Gasteiger partial charge in [0.05, 0.1) is 26.4 Å². The molecule has 0 bridgehead atoms. The molecule has 0 heterocycles. The predicted molar refractivity (Wildman–Crippen MR) is 98.4 cm³/mol. The van der Waals surface area contributed by atoms with Crippen molar-refractivity contribution in [3.05, 3.63) is 17.7 Å². The van der Waals surface area contributed by atoms with Crippen molar-refractivity contribution >= 4 is 12.1 Å². The van der Waals surface area contributed by atoms with Crippen LogP contribution in [0.5, 0.6) is 17.2 Å². The lowest BCUT2D eigenvalue weighted by molar-refractivity contribution is -0.453. The molecule has 0 radical (unpaired) electrons. The number of benzene rings is 1. The van der Waals surface area contributed by atoms with E-state index in [2.05, 4.69) is 21.7 Å². The van der Waals surface area contributed by atoms with E-state index in [-0.39, 0.29) is 23.2 Å². The lowest BCUT2D eigenvalue weighted by Crippen LogP contribution is -2.17. The molecule has 0 saturated carbocycles. The molecule has 158 valence electrons. The molecule has 0 aromatic heterocycles. The molecular weight excluding hydrogens is 372 g/mol. The zero-order chi connectivity index (χ0) is 20.9. The molecule has 1 aromatic rings. The summed E-state index contributed by atoms with van der Waals surface area (Å²) in [6, 6.07) is 2.88. The average molecular weight is 400 g/mol. The first-order chi connectivity index (χ1) is 13.5. The van der Waals surface area contributed by atoms with E-state index in [1.165, 1.54) is 33.5 Å². The minimum absolute atomic E-state index is 0.0126. The number of methoxy groups -OCH3 is 3. The van der Waals surface area contributed by atoms with Crippen LogP contribution >= 0.6 is 0 Å². The Morgan fingerprint density at radius 1 is 0.929 bits per heavy atom. The summed E-state index contributed by atoms with van der Waals surface area (Å²) < 4.78 is 20.5. The number of hydrogen-bond acceptors (Lipinski definition) is 9. The Morgan fingerprint density at radius 3 is 2.25 bits per heavy atom. The summed E-state index contributed by atoms with van der Waals surface area (Å²) in [5.41, 5.74) is -0.0126. The van der Waals surface area contributed by atoms with E-state index in [1.807, 2.05) is 0 Å². The molecular formula is C19H28O9. The molecule has 1 unspecified atom stereocenters. The maximum absolute atomic E-state index is 12.1. The van der Waals surface area contributed by atoms with Gasteiger partial charge in [0.1, 0.15) is 11.7 Å². The topological polar surface area (TPSA) is 98.8 Å². The van der Waals surface area contributed by atoms with Crippen LogP contribution in [0.3, 0.4) is 0 Å². The third-order valence-corrected chi connectivity index (χ3v) is 3.90. The minimum atomic E-state index is -1.10. The second-order valence-corrected chi connectivity index (χ2v) is 5.93. The van der Waals surface area contributed by atoms with E-state index < -0.39 is 12.1 Å². The molecule has 0 spiro atoms. The van der Waals surface area contributed by atoms with Crippen LogP contribution in [0.15, 0.2) is 12.1 Å². The molecule has 0 aliphatic carbocycles. The first kappa shape index (κ1) is 23.4. The van der Waals surface area contributed by atoms with Crippen molar-refractivity contribution in [1.82, 2.24) is 0 Å². The Labute approximate surface area is 164 Å². The number of carbonyl (C=O) groups excluding carboxylic acids is 2. The first-order valence-corrected chi connectivity index (χ1v) is 9.03. The van der Waals surface area contributed by atoms with Gasteiger partial charge in [-0.05, 0) is 31.9 Å². The highest BCUT2D eigenvalue weighted by atomic mass is 17.5. The maximum Gasteiger partial charge on any atom is 0.543 e. The Balaban J connectivity index is 2.51. The molecule has 0 N–H and O–H groups in total. The molecule has 28 heavy (non-hydrogen) atoms. The van der Waals surface area contributed by atoms with Gasteiger partial charge in [0.15, 0.2) is 11.5 Å². The molecule has 0 fully saturated rings. The highest BCUT2D eigenvalue weighted by molar-refractivity contribution is 5.93. The monoisotopic (exact) mass is 400 g/mol. The first-order valence-electron chi connectivity index (χ1n) is 9.03. The Hall–Kier alpha value is -2.68. The second kappa shape index (κ2) is 12.7. The van der Waals surface area contributed by atoms with E-state index in [4.69, 9.17) is 18.9 Å². The van der Waals surface area contributed by atoms with Gasteiger partial charge < -0.3 is 18.9 Å². The number of unbranched alkanes of at least 4 members (excludes halogenated alkanes) is 3. The van der Waals surface area contributed by atoms with Crippen LogP contribution in [-0.4, -0.2) is 39.6 Å². The number of ether oxygens (including phenoxy) is 4. The number of hydrogen-bond donors (Lipinski definition) is 0. The highest BCUT2D eigenvalue weighted by Crippen LogP contribution is 2.39. The minimum Gasteiger partial charge on any atom is -0.493 e. The van der Waals surface area contributed by atoms with Crippen LogP contribution in [0.2, 0.25) is 0 Å². The van der Waals surface area contributed by atoms with Crippen LogP contribution in [0.25, 0.3) is 0 Å². The summed E-state index contributed by atoms with van der Waals surface area (Å²) in [7, 11) is 4.20. The van der Waals surface area contributed by atoms with Gasteiger partial charge in [0.25, 0.3) is 0 Å². The zero-order valence-electron chi connectivity index (χ0n) is 16.9. The third-order valence-electron chi connectivity index (χ3n) is 3.90. The highest BCUT2D eigenvalue weighted by Gasteiger charge is 2.23. The molecule has 0 saturated heterocycles. The van der Waals surface area contributed by atoms with Gasteiger partial charge in [-0.15, -0.1) is 0 Å². The fourth-order valence-corrected chi connectivity index (χ4v) is 2.48. The quantitative estimate of drug-likeness (QED) is 0.221. The molecule has 1 rings (SSSR count). The molecule has 1 atom stereocenters. The van der Waals surface area contributed by atoms with Crippen LogP contribution in [0, 0.1) is 0 Å². The Morgan fingerprint density at radius 2 is 1.64 bits per heavy atom. The maximum atomic E-state index is 12.1. The van der Waals surface area contributed by atoms with E-state index >= 15 is 0 Å². The zero-order valence-corrected chi connectivity index (χ0v) is 16.9. The van der Waals surface area contributed by atoms with Gasteiger partial charge in [0.2, 0.25) is 5.75 Å². The standard InChI is InChI=1S/C19H28O9/c1-6-7-8-9-10-13(2)25-19(21)27-28-26-18(20)14-11-12-15(22-3)17(24-5)16(14)23-4/h11-13H,6-10H2,1-5H3. The molecule has 9 nitrogen and oxygen atoms in total. The summed E-state index contributed by atoms with van der Waals surface area (Å²) in [4.78, 5) is 32.5.